The van der Waals surface area contributed by atoms with Crippen LogP contribution in [0.1, 0.15) is 78.2 Å². The van der Waals surface area contributed by atoms with Gasteiger partial charge in [0.2, 0.25) is 0 Å². The van der Waals surface area contributed by atoms with Crippen LogP contribution in [0.2, 0.25) is 0 Å². The fourth-order valence-corrected chi connectivity index (χ4v) is 4.33. The van der Waals surface area contributed by atoms with E-state index < -0.39 is 23.7 Å². The van der Waals surface area contributed by atoms with Gasteiger partial charge in [0.15, 0.2) is 0 Å². The highest BCUT2D eigenvalue weighted by molar-refractivity contribution is 5.85. The van der Waals surface area contributed by atoms with Gasteiger partial charge in [0, 0.05) is 47.8 Å². The monoisotopic (exact) mass is 622 g/mol. The van der Waals surface area contributed by atoms with Crippen molar-refractivity contribution in [3.8, 4) is 0 Å². The van der Waals surface area contributed by atoms with Gasteiger partial charge in [0.05, 0.1) is 11.4 Å². The van der Waals surface area contributed by atoms with Crippen LogP contribution in [0.15, 0.2) is 60.7 Å². The predicted octanol–water partition coefficient (Wildman–Crippen LogP) is 9.39. The lowest BCUT2D eigenvalue weighted by Crippen LogP contribution is -2.37. The van der Waals surface area contributed by atoms with Crippen LogP contribution < -0.4 is 10.6 Å². The van der Waals surface area contributed by atoms with Crippen LogP contribution in [-0.2, 0) is 25.2 Å². The first kappa shape index (κ1) is 36.9. The number of aromatic nitrogens is 2. The first-order valence-corrected chi connectivity index (χ1v) is 14.8. The number of pyridine rings is 2. The summed E-state index contributed by atoms with van der Waals surface area (Å²) in [5, 5.41) is 9.25. The van der Waals surface area contributed by atoms with E-state index >= 15 is 0 Å². The Bertz CT molecular complexity index is 1370. The zero-order valence-corrected chi connectivity index (χ0v) is 26.8. The number of hydrogen-bond donors (Lipinski definition) is 2. The molecular formula is C34H44F6N4. The fourth-order valence-electron chi connectivity index (χ4n) is 4.33. The molecule has 0 amide bonds. The van der Waals surface area contributed by atoms with Crippen molar-refractivity contribution in [2.45, 2.75) is 91.7 Å². The number of hydrogen-bond acceptors (Lipinski definition) is 4. The van der Waals surface area contributed by atoms with E-state index in [-0.39, 0.29) is 11.1 Å². The normalized spacial score (nSPS) is 12.4. The number of halogens is 6. The van der Waals surface area contributed by atoms with Crippen LogP contribution in [-0.4, -0.2) is 34.1 Å². The fraction of sp³-hybridized carbons (Fsp3) is 0.471. The summed E-state index contributed by atoms with van der Waals surface area (Å²) in [5.74, 6) is 0. The summed E-state index contributed by atoms with van der Waals surface area (Å²) in [7, 11) is 0. The van der Waals surface area contributed by atoms with Crippen LogP contribution in [0.25, 0.3) is 21.5 Å². The number of alkyl halides is 6. The van der Waals surface area contributed by atoms with Crippen LogP contribution in [0.5, 0.6) is 0 Å². The Balaban J connectivity index is 0.000000291. The molecule has 2 heterocycles. The highest BCUT2D eigenvalue weighted by Gasteiger charge is 2.34. The van der Waals surface area contributed by atoms with E-state index in [2.05, 4.69) is 20.6 Å². The molecule has 4 aromatic rings. The Morgan fingerprint density at radius 1 is 0.545 bits per heavy atom. The standard InChI is InChI=1S/2C16H19F3N2.C2H6/c2*1-15(2,3)20-9-8-13-12-7-5-4-6-11(12)10-14(21-13)16(17,18)19;1-2/h2*4-7,10,20H,8-9H2,1-3H3;1-2H3. The molecule has 2 aromatic heterocycles. The summed E-state index contributed by atoms with van der Waals surface area (Å²) < 4.78 is 77.6. The molecule has 0 spiro atoms. The molecule has 10 heteroatoms. The Morgan fingerprint density at radius 2 is 0.864 bits per heavy atom. The van der Waals surface area contributed by atoms with E-state index in [0.29, 0.717) is 48.1 Å². The van der Waals surface area contributed by atoms with E-state index in [4.69, 9.17) is 0 Å². The third-order valence-electron chi connectivity index (χ3n) is 6.25. The lowest BCUT2D eigenvalue weighted by molar-refractivity contribution is -0.141. The summed E-state index contributed by atoms with van der Waals surface area (Å²) in [6.07, 6.45) is -7.92. The van der Waals surface area contributed by atoms with Crippen LogP contribution in [0.3, 0.4) is 0 Å². The summed E-state index contributed by atoms with van der Waals surface area (Å²) in [6.45, 7) is 17.3. The molecule has 0 bridgehead atoms. The van der Waals surface area contributed by atoms with E-state index in [9.17, 15) is 26.3 Å². The van der Waals surface area contributed by atoms with Gasteiger partial charge in [-0.2, -0.15) is 26.3 Å². The Labute approximate surface area is 256 Å². The molecule has 0 aliphatic carbocycles. The van der Waals surface area contributed by atoms with Crippen molar-refractivity contribution < 1.29 is 26.3 Å². The molecule has 0 aliphatic rings. The van der Waals surface area contributed by atoms with Crippen molar-refractivity contribution in [1.29, 1.82) is 0 Å². The number of benzene rings is 2. The third-order valence-corrected chi connectivity index (χ3v) is 6.25. The minimum Gasteiger partial charge on any atom is -0.312 e. The third kappa shape index (κ3) is 11.7. The maximum Gasteiger partial charge on any atom is 0.433 e. The minimum atomic E-state index is -4.42. The first-order chi connectivity index (χ1) is 20.3. The van der Waals surface area contributed by atoms with Crippen molar-refractivity contribution in [2.75, 3.05) is 13.1 Å². The molecule has 0 radical (unpaired) electrons. The molecule has 4 rings (SSSR count). The van der Waals surface area contributed by atoms with Gasteiger partial charge in [0.1, 0.15) is 11.4 Å². The Morgan fingerprint density at radius 3 is 1.16 bits per heavy atom. The predicted molar refractivity (Wildman–Crippen MR) is 168 cm³/mol. The van der Waals surface area contributed by atoms with Crippen molar-refractivity contribution >= 4 is 21.5 Å². The van der Waals surface area contributed by atoms with E-state index in [1.165, 1.54) is 0 Å². The zero-order chi connectivity index (χ0) is 33.3. The molecule has 4 nitrogen and oxygen atoms in total. The summed E-state index contributed by atoms with van der Waals surface area (Å²) >= 11 is 0. The molecule has 0 saturated carbocycles. The molecule has 0 saturated heterocycles. The van der Waals surface area contributed by atoms with Gasteiger partial charge < -0.3 is 10.6 Å². The lowest BCUT2D eigenvalue weighted by Gasteiger charge is -2.20. The second-order valence-electron chi connectivity index (χ2n) is 12.2. The van der Waals surface area contributed by atoms with Gasteiger partial charge in [-0.05, 0) is 64.4 Å². The van der Waals surface area contributed by atoms with E-state index in [1.54, 1.807) is 24.3 Å². The van der Waals surface area contributed by atoms with Gasteiger partial charge >= 0.3 is 12.4 Å². The van der Waals surface area contributed by atoms with Gasteiger partial charge in [0.25, 0.3) is 0 Å². The molecule has 0 atom stereocenters. The molecule has 0 fully saturated rings. The number of fused-ring (bicyclic) bond motifs is 2. The molecular weight excluding hydrogens is 578 g/mol. The second kappa shape index (κ2) is 15.2. The highest BCUT2D eigenvalue weighted by atomic mass is 19.4. The van der Waals surface area contributed by atoms with E-state index in [0.717, 1.165) is 22.9 Å². The average molecular weight is 623 g/mol. The quantitative estimate of drug-likeness (QED) is 0.210. The van der Waals surface area contributed by atoms with Crippen molar-refractivity contribution in [1.82, 2.24) is 20.6 Å². The Hall–Kier alpha value is -3.24. The number of rotatable bonds is 6. The maximum atomic E-state index is 12.9. The van der Waals surface area contributed by atoms with E-state index in [1.807, 2.05) is 79.7 Å². The number of nitrogens with one attached hydrogen (secondary N) is 2. The van der Waals surface area contributed by atoms with Crippen LogP contribution in [0, 0.1) is 0 Å². The maximum absolute atomic E-state index is 12.9. The van der Waals surface area contributed by atoms with Gasteiger partial charge in [-0.1, -0.05) is 62.4 Å². The van der Waals surface area contributed by atoms with Gasteiger partial charge in [-0.25, -0.2) is 9.97 Å². The molecule has 2 N–H and O–H groups in total. The largest absolute Gasteiger partial charge is 0.433 e. The average Bonchev–Trinajstić information content (AvgIpc) is 2.92. The SMILES string of the molecule is CC.CC(C)(C)NCCc1nc(C(F)(F)F)cc2ccccc12.CC(C)(C)NCCc1nc(C(F)(F)F)cc2ccccc12. The molecule has 0 unspecified atom stereocenters. The van der Waals surface area contributed by atoms with Crippen LogP contribution in [0.4, 0.5) is 26.3 Å². The second-order valence-corrected chi connectivity index (χ2v) is 12.2. The van der Waals surface area contributed by atoms with Gasteiger partial charge in [-0.15, -0.1) is 0 Å². The van der Waals surface area contributed by atoms with Gasteiger partial charge in [-0.3, -0.25) is 0 Å². The topological polar surface area (TPSA) is 49.8 Å². The molecule has 2 aromatic carbocycles. The molecule has 242 valence electrons. The summed E-state index contributed by atoms with van der Waals surface area (Å²) in [5.41, 5.74) is -0.831. The summed E-state index contributed by atoms with van der Waals surface area (Å²) in [4.78, 5) is 7.65. The van der Waals surface area contributed by atoms with Crippen molar-refractivity contribution in [2.24, 2.45) is 0 Å². The minimum absolute atomic E-state index is 0.0720. The van der Waals surface area contributed by atoms with Crippen molar-refractivity contribution in [3.05, 3.63) is 83.4 Å². The molecule has 0 aliphatic heterocycles. The number of nitrogens with zero attached hydrogens (tertiary/aromatic N) is 2. The Kier molecular flexibility index (Phi) is 12.7. The first-order valence-electron chi connectivity index (χ1n) is 14.8. The van der Waals surface area contributed by atoms with Crippen molar-refractivity contribution in [3.63, 3.8) is 0 Å². The highest BCUT2D eigenvalue weighted by Crippen LogP contribution is 2.32. The van der Waals surface area contributed by atoms with Crippen LogP contribution >= 0.6 is 0 Å². The lowest BCUT2D eigenvalue weighted by atomic mass is 10.1. The smallest absolute Gasteiger partial charge is 0.312 e. The zero-order valence-electron chi connectivity index (χ0n) is 26.8. The summed E-state index contributed by atoms with van der Waals surface area (Å²) in [6, 6.07) is 16.3. The molecule has 44 heavy (non-hydrogen) atoms.